The molecule has 0 spiro atoms. The quantitative estimate of drug-likeness (QED) is 0.749. The Bertz CT molecular complexity index is 306. The average molecular weight is 205 g/mol. The van der Waals surface area contributed by atoms with Crippen molar-refractivity contribution in [2.45, 2.75) is 39.3 Å². The zero-order valence-electron chi connectivity index (χ0n) is 9.66. The second-order valence-electron chi connectivity index (χ2n) is 4.22. The van der Waals surface area contributed by atoms with E-state index < -0.39 is 0 Å². The average Bonchev–Trinajstić information content (AvgIpc) is 2.17. The fourth-order valence-corrected chi connectivity index (χ4v) is 1.65. The van der Waals surface area contributed by atoms with Gasteiger partial charge in [-0.2, -0.15) is 0 Å². The highest BCUT2D eigenvalue weighted by atomic mass is 16.1. The van der Waals surface area contributed by atoms with Crippen molar-refractivity contribution in [2.24, 2.45) is 0 Å². The molecule has 1 unspecified atom stereocenters. The van der Waals surface area contributed by atoms with Gasteiger partial charge in [0.1, 0.15) is 0 Å². The number of carbonyl (C=O) groups is 1. The SMILES string of the molecule is CC(C)NC(C)CC(=O)c1ccccc1. The molecule has 82 valence electrons. The second kappa shape index (κ2) is 5.66. The highest BCUT2D eigenvalue weighted by Gasteiger charge is 2.11. The Morgan fingerprint density at radius 2 is 1.80 bits per heavy atom. The van der Waals surface area contributed by atoms with Crippen LogP contribution in [0.15, 0.2) is 30.3 Å². The molecule has 0 aliphatic carbocycles. The van der Waals surface area contributed by atoms with Crippen LogP contribution >= 0.6 is 0 Å². The summed E-state index contributed by atoms with van der Waals surface area (Å²) in [6, 6.07) is 10.1. The Balaban J connectivity index is 2.49. The fourth-order valence-electron chi connectivity index (χ4n) is 1.65. The summed E-state index contributed by atoms with van der Waals surface area (Å²) >= 11 is 0. The third-order valence-corrected chi connectivity index (χ3v) is 2.21. The summed E-state index contributed by atoms with van der Waals surface area (Å²) in [7, 11) is 0. The number of benzene rings is 1. The van der Waals surface area contributed by atoms with Gasteiger partial charge in [-0.15, -0.1) is 0 Å². The van der Waals surface area contributed by atoms with Gasteiger partial charge >= 0.3 is 0 Å². The smallest absolute Gasteiger partial charge is 0.164 e. The normalized spacial score (nSPS) is 12.8. The first kappa shape index (κ1) is 11.9. The van der Waals surface area contributed by atoms with Crippen LogP contribution in [-0.2, 0) is 0 Å². The van der Waals surface area contributed by atoms with E-state index in [0.717, 1.165) is 5.56 Å². The van der Waals surface area contributed by atoms with Gasteiger partial charge in [0, 0.05) is 24.1 Å². The van der Waals surface area contributed by atoms with E-state index in [1.54, 1.807) is 0 Å². The lowest BCUT2D eigenvalue weighted by molar-refractivity contribution is 0.0970. The maximum absolute atomic E-state index is 11.8. The molecule has 1 rings (SSSR count). The Kier molecular flexibility index (Phi) is 4.50. The predicted molar refractivity (Wildman–Crippen MR) is 63.1 cm³/mol. The zero-order valence-corrected chi connectivity index (χ0v) is 9.66. The van der Waals surface area contributed by atoms with Crippen LogP contribution in [0.3, 0.4) is 0 Å². The Labute approximate surface area is 91.7 Å². The van der Waals surface area contributed by atoms with Gasteiger partial charge in [0.15, 0.2) is 5.78 Å². The summed E-state index contributed by atoms with van der Waals surface area (Å²) < 4.78 is 0. The van der Waals surface area contributed by atoms with Crippen molar-refractivity contribution >= 4 is 5.78 Å². The van der Waals surface area contributed by atoms with E-state index in [0.29, 0.717) is 12.5 Å². The van der Waals surface area contributed by atoms with Crippen molar-refractivity contribution in [1.29, 1.82) is 0 Å². The highest BCUT2D eigenvalue weighted by Crippen LogP contribution is 2.05. The lowest BCUT2D eigenvalue weighted by atomic mass is 10.0. The maximum atomic E-state index is 11.8. The number of ketones is 1. The molecular formula is C13H19NO. The molecule has 1 atom stereocenters. The number of hydrogen-bond donors (Lipinski definition) is 1. The fraction of sp³-hybridized carbons (Fsp3) is 0.462. The van der Waals surface area contributed by atoms with Crippen molar-refractivity contribution in [1.82, 2.24) is 5.32 Å². The number of carbonyl (C=O) groups excluding carboxylic acids is 1. The molecule has 0 aromatic heterocycles. The van der Waals surface area contributed by atoms with Crippen LogP contribution in [0.2, 0.25) is 0 Å². The van der Waals surface area contributed by atoms with Crippen LogP contribution in [-0.4, -0.2) is 17.9 Å². The van der Waals surface area contributed by atoms with Gasteiger partial charge in [0.2, 0.25) is 0 Å². The van der Waals surface area contributed by atoms with Gasteiger partial charge in [-0.1, -0.05) is 44.2 Å². The predicted octanol–water partition coefficient (Wildman–Crippen LogP) is 2.65. The van der Waals surface area contributed by atoms with Gasteiger partial charge < -0.3 is 5.32 Å². The van der Waals surface area contributed by atoms with E-state index in [1.807, 2.05) is 37.3 Å². The van der Waals surface area contributed by atoms with E-state index in [9.17, 15) is 4.79 Å². The number of hydrogen-bond acceptors (Lipinski definition) is 2. The monoisotopic (exact) mass is 205 g/mol. The molecule has 0 aliphatic rings. The molecule has 0 radical (unpaired) electrons. The maximum Gasteiger partial charge on any atom is 0.164 e. The molecule has 1 aromatic rings. The minimum atomic E-state index is 0.205. The largest absolute Gasteiger partial charge is 0.312 e. The van der Waals surface area contributed by atoms with Gasteiger partial charge in [0.25, 0.3) is 0 Å². The van der Waals surface area contributed by atoms with Gasteiger partial charge in [-0.25, -0.2) is 0 Å². The second-order valence-corrected chi connectivity index (χ2v) is 4.22. The summed E-state index contributed by atoms with van der Waals surface area (Å²) in [4.78, 5) is 11.8. The van der Waals surface area contributed by atoms with Crippen molar-refractivity contribution in [3.05, 3.63) is 35.9 Å². The van der Waals surface area contributed by atoms with E-state index in [4.69, 9.17) is 0 Å². The topological polar surface area (TPSA) is 29.1 Å². The Hall–Kier alpha value is -1.15. The van der Waals surface area contributed by atoms with Gasteiger partial charge in [-0.3, -0.25) is 4.79 Å². The molecule has 0 heterocycles. The molecule has 1 N–H and O–H groups in total. The first-order valence-electron chi connectivity index (χ1n) is 5.44. The van der Waals surface area contributed by atoms with Crippen LogP contribution in [0.25, 0.3) is 0 Å². The third kappa shape index (κ3) is 4.26. The number of nitrogens with one attached hydrogen (secondary N) is 1. The van der Waals surface area contributed by atoms with Crippen LogP contribution in [0.1, 0.15) is 37.6 Å². The van der Waals surface area contributed by atoms with Crippen LogP contribution in [0.4, 0.5) is 0 Å². The minimum absolute atomic E-state index is 0.205. The Morgan fingerprint density at radius 3 is 2.33 bits per heavy atom. The first-order chi connectivity index (χ1) is 7.09. The lowest BCUT2D eigenvalue weighted by Crippen LogP contribution is -2.34. The van der Waals surface area contributed by atoms with Crippen LogP contribution in [0, 0.1) is 0 Å². The van der Waals surface area contributed by atoms with Crippen LogP contribution in [0.5, 0.6) is 0 Å². The summed E-state index contributed by atoms with van der Waals surface area (Å²) in [5, 5.41) is 3.32. The number of rotatable bonds is 5. The molecule has 2 nitrogen and oxygen atoms in total. The molecule has 0 amide bonds. The third-order valence-electron chi connectivity index (χ3n) is 2.21. The lowest BCUT2D eigenvalue weighted by Gasteiger charge is -2.15. The van der Waals surface area contributed by atoms with E-state index in [1.165, 1.54) is 0 Å². The van der Waals surface area contributed by atoms with E-state index >= 15 is 0 Å². The van der Waals surface area contributed by atoms with Gasteiger partial charge in [0.05, 0.1) is 0 Å². The Morgan fingerprint density at radius 1 is 1.20 bits per heavy atom. The summed E-state index contributed by atoms with van der Waals surface area (Å²) in [5.74, 6) is 0.205. The van der Waals surface area contributed by atoms with Crippen LogP contribution < -0.4 is 5.32 Å². The van der Waals surface area contributed by atoms with Crippen molar-refractivity contribution in [3.8, 4) is 0 Å². The molecule has 0 saturated carbocycles. The summed E-state index contributed by atoms with van der Waals surface area (Å²) in [5.41, 5.74) is 0.801. The molecular weight excluding hydrogens is 186 g/mol. The molecule has 0 bridgehead atoms. The highest BCUT2D eigenvalue weighted by molar-refractivity contribution is 5.96. The first-order valence-corrected chi connectivity index (χ1v) is 5.44. The van der Waals surface area contributed by atoms with Crippen molar-refractivity contribution in [2.75, 3.05) is 0 Å². The summed E-state index contributed by atoms with van der Waals surface area (Å²) in [6.07, 6.45) is 0.558. The summed E-state index contributed by atoms with van der Waals surface area (Å²) in [6.45, 7) is 6.22. The molecule has 1 aromatic carbocycles. The standard InChI is InChI=1S/C13H19NO/c1-10(2)14-11(3)9-13(15)12-7-5-4-6-8-12/h4-8,10-11,14H,9H2,1-3H3. The number of Topliss-reactive ketones (excluding diaryl/α,β-unsaturated/α-hetero) is 1. The molecule has 0 saturated heterocycles. The molecule has 2 heteroatoms. The van der Waals surface area contributed by atoms with E-state index in [2.05, 4.69) is 19.2 Å². The van der Waals surface area contributed by atoms with E-state index in [-0.39, 0.29) is 11.8 Å². The zero-order chi connectivity index (χ0) is 11.3. The van der Waals surface area contributed by atoms with Gasteiger partial charge in [-0.05, 0) is 6.92 Å². The molecule has 15 heavy (non-hydrogen) atoms. The van der Waals surface area contributed by atoms with Crippen molar-refractivity contribution < 1.29 is 4.79 Å². The minimum Gasteiger partial charge on any atom is -0.312 e. The van der Waals surface area contributed by atoms with Crippen molar-refractivity contribution in [3.63, 3.8) is 0 Å². The molecule has 0 fully saturated rings. The molecule has 0 aliphatic heterocycles.